The molecule has 0 rings (SSSR count). The minimum absolute atomic E-state index is 0.0358. The third-order valence-electron chi connectivity index (χ3n) is 2.86. The van der Waals surface area contributed by atoms with Gasteiger partial charge in [0.15, 0.2) is 11.9 Å². The number of carbonyl (C=O) groups is 2. The first-order valence-corrected chi connectivity index (χ1v) is 6.56. The summed E-state index contributed by atoms with van der Waals surface area (Å²) < 4.78 is 0. The molecule has 9 nitrogen and oxygen atoms in total. The number of nitrogens with two attached hydrogens (primary N) is 1. The molecular formula is C12H25NO8. The lowest BCUT2D eigenvalue weighted by molar-refractivity contribution is -0.165. The van der Waals surface area contributed by atoms with Gasteiger partial charge in [0.05, 0.1) is 0 Å². The van der Waals surface area contributed by atoms with E-state index in [2.05, 4.69) is 5.90 Å². The summed E-state index contributed by atoms with van der Waals surface area (Å²) in [6.07, 6.45) is -4.96. The monoisotopic (exact) mass is 311 g/mol. The summed E-state index contributed by atoms with van der Waals surface area (Å²) in [4.78, 5) is 21.9. The first kappa shape index (κ1) is 22.2. The molecule has 8 N–H and O–H groups in total. The molecule has 0 amide bonds. The van der Waals surface area contributed by atoms with Gasteiger partial charge in [-0.15, -0.1) is 0 Å². The highest BCUT2D eigenvalue weighted by atomic mass is 16.4. The summed E-state index contributed by atoms with van der Waals surface area (Å²) in [6.45, 7) is 2.00. The number of aliphatic hydroxyl groups excluding tert-OH is 4. The molecular weight excluding hydrogens is 286 g/mol. The van der Waals surface area contributed by atoms with Crippen molar-refractivity contribution in [2.75, 3.05) is 0 Å². The minimum atomic E-state index is -2.25. The first-order chi connectivity index (χ1) is 9.82. The van der Waals surface area contributed by atoms with Crippen LogP contribution in [0.3, 0.4) is 0 Å². The summed E-state index contributed by atoms with van der Waals surface area (Å²) in [6, 6.07) is 0. The lowest BCUT2D eigenvalue weighted by atomic mass is 9.97. The zero-order valence-corrected chi connectivity index (χ0v) is 11.9. The van der Waals surface area contributed by atoms with E-state index in [1.54, 1.807) is 0 Å². The van der Waals surface area contributed by atoms with E-state index in [9.17, 15) is 24.9 Å². The number of hydrogen-bond acceptors (Lipinski definition) is 8. The van der Waals surface area contributed by atoms with Crippen molar-refractivity contribution in [3.05, 3.63) is 0 Å². The molecule has 0 unspecified atom stereocenters. The predicted molar refractivity (Wildman–Crippen MR) is 71.4 cm³/mol. The van der Waals surface area contributed by atoms with E-state index >= 15 is 0 Å². The summed E-state index contributed by atoms with van der Waals surface area (Å²) in [7, 11) is 0. The second-order valence-electron chi connectivity index (χ2n) is 4.49. The number of aliphatic hydroxyl groups is 4. The highest BCUT2D eigenvalue weighted by Crippen LogP contribution is 2.10. The number of carboxylic acid groups (broad SMARTS) is 1. The molecule has 0 bridgehead atoms. The highest BCUT2D eigenvalue weighted by Gasteiger charge is 2.36. The van der Waals surface area contributed by atoms with Gasteiger partial charge < -0.3 is 30.7 Å². The molecule has 0 aliphatic carbocycles. The molecule has 4 atom stereocenters. The molecule has 9 heteroatoms. The molecule has 0 radical (unpaired) electrons. The van der Waals surface area contributed by atoms with E-state index in [0.29, 0.717) is 6.42 Å². The van der Waals surface area contributed by atoms with E-state index in [0.717, 1.165) is 19.3 Å². The minimum Gasteiger partial charge on any atom is -0.479 e. The molecule has 0 aromatic rings. The Morgan fingerprint density at radius 2 is 1.38 bits per heavy atom. The number of hydrogen-bond donors (Lipinski definition) is 7. The number of carbonyl (C=O) groups excluding carboxylic acids is 1. The Labute approximate surface area is 122 Å². The van der Waals surface area contributed by atoms with Crippen molar-refractivity contribution in [1.29, 1.82) is 0 Å². The number of ketones is 1. The number of rotatable bonds is 10. The van der Waals surface area contributed by atoms with Crippen LogP contribution in [0.4, 0.5) is 0 Å². The van der Waals surface area contributed by atoms with Crippen molar-refractivity contribution in [2.45, 2.75) is 63.4 Å². The second kappa shape index (κ2) is 12.6. The van der Waals surface area contributed by atoms with Gasteiger partial charge in [-0.3, -0.25) is 4.79 Å². The Morgan fingerprint density at radius 3 is 1.81 bits per heavy atom. The maximum atomic E-state index is 11.5. The fourth-order valence-electron chi connectivity index (χ4n) is 1.58. The van der Waals surface area contributed by atoms with Crippen LogP contribution in [-0.4, -0.2) is 66.9 Å². The van der Waals surface area contributed by atoms with Crippen molar-refractivity contribution < 1.29 is 40.3 Å². The average molecular weight is 311 g/mol. The molecule has 0 fully saturated rings. The van der Waals surface area contributed by atoms with Crippen LogP contribution in [0.15, 0.2) is 0 Å². The molecule has 21 heavy (non-hydrogen) atoms. The number of unbranched alkanes of at least 4 members (excludes halogenated alkanes) is 3. The lowest BCUT2D eigenvalue weighted by Crippen LogP contribution is -2.50. The van der Waals surface area contributed by atoms with Gasteiger partial charge in [-0.1, -0.05) is 26.2 Å². The smallest absolute Gasteiger partial charge is 0.335 e. The molecule has 0 aliphatic rings. The molecule has 0 aromatic carbocycles. The Hall–Kier alpha value is -1.10. The van der Waals surface area contributed by atoms with Gasteiger partial charge >= 0.3 is 5.97 Å². The van der Waals surface area contributed by atoms with Crippen LogP contribution >= 0.6 is 0 Å². The topological polar surface area (TPSA) is 182 Å². The number of aliphatic carboxylic acids is 1. The third kappa shape index (κ3) is 8.71. The van der Waals surface area contributed by atoms with Crippen LogP contribution in [0, 0.1) is 0 Å². The predicted octanol–water partition coefficient (Wildman–Crippen LogP) is -1.61. The molecule has 0 heterocycles. The second-order valence-corrected chi connectivity index (χ2v) is 4.49. The molecule has 0 saturated carbocycles. The Kier molecular flexibility index (Phi) is 13.3. The summed E-state index contributed by atoms with van der Waals surface area (Å²) in [5.74, 6) is 1.08. The van der Waals surface area contributed by atoms with E-state index in [1.807, 2.05) is 6.92 Å². The SMILES string of the molecule is CCCCCCC(=O)[C@H](O)[C@@H](O)[C@@H](O)[C@H](O)C(=O)O.NO. The zero-order valence-electron chi connectivity index (χ0n) is 11.9. The van der Waals surface area contributed by atoms with Crippen LogP contribution < -0.4 is 5.90 Å². The molecule has 0 saturated heterocycles. The van der Waals surface area contributed by atoms with Gasteiger partial charge in [-0.2, -0.15) is 0 Å². The largest absolute Gasteiger partial charge is 0.479 e. The molecule has 126 valence electrons. The van der Waals surface area contributed by atoms with Gasteiger partial charge in [-0.05, 0) is 6.42 Å². The van der Waals surface area contributed by atoms with Gasteiger partial charge in [0.25, 0.3) is 0 Å². The van der Waals surface area contributed by atoms with Gasteiger partial charge in [0, 0.05) is 6.42 Å². The van der Waals surface area contributed by atoms with E-state index < -0.39 is 36.2 Å². The van der Waals surface area contributed by atoms with Crippen molar-refractivity contribution in [3.63, 3.8) is 0 Å². The van der Waals surface area contributed by atoms with Gasteiger partial charge in [0.1, 0.15) is 18.3 Å². The van der Waals surface area contributed by atoms with E-state index in [-0.39, 0.29) is 6.42 Å². The molecule has 0 spiro atoms. The third-order valence-corrected chi connectivity index (χ3v) is 2.86. The Balaban J connectivity index is 0. The van der Waals surface area contributed by atoms with Crippen LogP contribution in [0.2, 0.25) is 0 Å². The molecule has 0 aliphatic heterocycles. The maximum absolute atomic E-state index is 11.5. The van der Waals surface area contributed by atoms with E-state index in [4.69, 9.17) is 15.4 Å². The zero-order chi connectivity index (χ0) is 17.0. The summed E-state index contributed by atoms with van der Waals surface area (Å²) in [5, 5.41) is 52.2. The fourth-order valence-corrected chi connectivity index (χ4v) is 1.58. The van der Waals surface area contributed by atoms with Gasteiger partial charge in [-0.25, -0.2) is 10.7 Å². The van der Waals surface area contributed by atoms with Crippen molar-refractivity contribution in [3.8, 4) is 0 Å². The van der Waals surface area contributed by atoms with Crippen molar-refractivity contribution in [1.82, 2.24) is 0 Å². The molecule has 0 aromatic heterocycles. The maximum Gasteiger partial charge on any atom is 0.335 e. The Bertz CT molecular complexity index is 299. The standard InChI is InChI=1S/C12H22O7.H3NO/c1-2-3-4-5-6-7(13)8(14)9(15)10(16)11(17)12(18)19;1-2/h8-11,14-17H,2-6H2,1H3,(H,18,19);2H,1H2/t8-,9+,10+,11-;/m0./s1. The average Bonchev–Trinajstić information content (AvgIpc) is 2.50. The van der Waals surface area contributed by atoms with Crippen molar-refractivity contribution in [2.24, 2.45) is 5.90 Å². The number of carboxylic acids is 1. The number of Topliss-reactive ketones (excluding diaryl/α,β-unsaturated/α-hetero) is 1. The normalized spacial score (nSPS) is 16.1. The lowest BCUT2D eigenvalue weighted by Gasteiger charge is -2.23. The van der Waals surface area contributed by atoms with Crippen LogP contribution in [-0.2, 0) is 9.59 Å². The highest BCUT2D eigenvalue weighted by molar-refractivity contribution is 5.83. The fraction of sp³-hybridized carbons (Fsp3) is 0.833. The first-order valence-electron chi connectivity index (χ1n) is 6.56. The van der Waals surface area contributed by atoms with Crippen LogP contribution in [0.25, 0.3) is 0 Å². The summed E-state index contributed by atoms with van der Waals surface area (Å²) >= 11 is 0. The summed E-state index contributed by atoms with van der Waals surface area (Å²) in [5.41, 5.74) is 0. The van der Waals surface area contributed by atoms with Crippen LogP contribution in [0.1, 0.15) is 39.0 Å². The van der Waals surface area contributed by atoms with Gasteiger partial charge in [0.2, 0.25) is 0 Å². The van der Waals surface area contributed by atoms with Crippen molar-refractivity contribution >= 4 is 11.8 Å². The van der Waals surface area contributed by atoms with E-state index in [1.165, 1.54) is 0 Å². The van der Waals surface area contributed by atoms with Crippen LogP contribution in [0.5, 0.6) is 0 Å². The Morgan fingerprint density at radius 1 is 0.905 bits per heavy atom. The quantitative estimate of drug-likeness (QED) is 0.184.